The van der Waals surface area contributed by atoms with Crippen LogP contribution >= 0.6 is 0 Å². The number of carbonyl (C=O) groups is 2. The zero-order valence-electron chi connectivity index (χ0n) is 22.4. The van der Waals surface area contributed by atoms with Crippen LogP contribution in [0.1, 0.15) is 37.5 Å². The van der Waals surface area contributed by atoms with Crippen molar-refractivity contribution in [2.45, 2.75) is 53.2 Å². The third-order valence-electron chi connectivity index (χ3n) is 5.76. The summed E-state index contributed by atoms with van der Waals surface area (Å²) in [6.45, 7) is 8.64. The molecule has 1 atom stereocenters. The number of ether oxygens (including phenoxy) is 1. The van der Waals surface area contributed by atoms with Gasteiger partial charge in [-0.05, 0) is 69.5 Å². The molecule has 0 aliphatic rings. The highest BCUT2D eigenvalue weighted by Crippen LogP contribution is 2.26. The highest BCUT2D eigenvalue weighted by atomic mass is 32.2. The van der Waals surface area contributed by atoms with Gasteiger partial charge in [-0.15, -0.1) is 0 Å². The van der Waals surface area contributed by atoms with Crippen LogP contribution in [0, 0.1) is 13.8 Å². The number of carbonyl (C=O) groups excluding carboxylic acids is 2. The molecule has 0 saturated carbocycles. The van der Waals surface area contributed by atoms with Crippen molar-refractivity contribution in [3.8, 4) is 5.75 Å². The molecular formula is C26H38N4O5S. The number of hydrogen-bond acceptors (Lipinski definition) is 5. The molecule has 36 heavy (non-hydrogen) atoms. The first kappa shape index (κ1) is 29.1. The predicted molar refractivity (Wildman–Crippen MR) is 142 cm³/mol. The Morgan fingerprint density at radius 3 is 2.14 bits per heavy atom. The predicted octanol–water partition coefficient (Wildman–Crippen LogP) is 2.87. The van der Waals surface area contributed by atoms with E-state index < -0.39 is 28.7 Å². The van der Waals surface area contributed by atoms with Gasteiger partial charge in [0, 0.05) is 26.7 Å². The van der Waals surface area contributed by atoms with Crippen LogP contribution in [-0.2, 0) is 26.3 Å². The van der Waals surface area contributed by atoms with E-state index in [0.29, 0.717) is 17.0 Å². The van der Waals surface area contributed by atoms with Crippen molar-refractivity contribution < 1.29 is 22.7 Å². The van der Waals surface area contributed by atoms with Gasteiger partial charge in [0.1, 0.15) is 18.3 Å². The van der Waals surface area contributed by atoms with E-state index in [2.05, 4.69) is 5.32 Å². The number of methoxy groups -OCH3 is 1. The summed E-state index contributed by atoms with van der Waals surface area (Å²) in [6.07, 6.45) is 0. The lowest BCUT2D eigenvalue weighted by Gasteiger charge is -2.33. The van der Waals surface area contributed by atoms with Crippen molar-refractivity contribution in [1.82, 2.24) is 14.5 Å². The average Bonchev–Trinajstić information content (AvgIpc) is 2.81. The molecule has 0 saturated heterocycles. The third-order valence-corrected chi connectivity index (χ3v) is 7.57. The van der Waals surface area contributed by atoms with Crippen LogP contribution in [0.25, 0.3) is 0 Å². The fourth-order valence-electron chi connectivity index (χ4n) is 3.61. The van der Waals surface area contributed by atoms with Gasteiger partial charge in [0.2, 0.25) is 11.8 Å². The summed E-state index contributed by atoms with van der Waals surface area (Å²) in [4.78, 5) is 28.0. The largest absolute Gasteiger partial charge is 0.497 e. The highest BCUT2D eigenvalue weighted by molar-refractivity contribution is 7.90. The summed E-state index contributed by atoms with van der Waals surface area (Å²) < 4.78 is 34.0. The molecular weight excluding hydrogens is 480 g/mol. The lowest BCUT2D eigenvalue weighted by molar-refractivity contribution is -0.139. The molecule has 2 aromatic rings. The Morgan fingerprint density at radius 1 is 1.00 bits per heavy atom. The van der Waals surface area contributed by atoms with E-state index in [4.69, 9.17) is 4.74 Å². The second-order valence-corrected chi connectivity index (χ2v) is 11.4. The Labute approximate surface area is 215 Å². The molecule has 1 N–H and O–H groups in total. The first-order valence-corrected chi connectivity index (χ1v) is 13.2. The second-order valence-electron chi connectivity index (χ2n) is 9.30. The fourth-order valence-corrected chi connectivity index (χ4v) is 4.72. The van der Waals surface area contributed by atoms with Crippen LogP contribution in [0.5, 0.6) is 5.75 Å². The van der Waals surface area contributed by atoms with E-state index in [1.165, 1.54) is 19.0 Å². The monoisotopic (exact) mass is 518 g/mol. The Balaban J connectivity index is 2.50. The molecule has 2 aromatic carbocycles. The number of hydrogen-bond donors (Lipinski definition) is 1. The van der Waals surface area contributed by atoms with Crippen molar-refractivity contribution in [2.24, 2.45) is 0 Å². The van der Waals surface area contributed by atoms with Crippen molar-refractivity contribution in [2.75, 3.05) is 32.1 Å². The molecule has 2 rings (SSSR count). The van der Waals surface area contributed by atoms with Crippen LogP contribution in [0.3, 0.4) is 0 Å². The molecule has 0 fully saturated rings. The van der Waals surface area contributed by atoms with Crippen LogP contribution in [-0.4, -0.2) is 69.3 Å². The van der Waals surface area contributed by atoms with E-state index in [1.807, 2.05) is 45.0 Å². The molecule has 0 aliphatic carbocycles. The number of benzene rings is 2. The minimum atomic E-state index is -4.00. The number of aryl methyl sites for hydroxylation is 2. The first-order valence-electron chi connectivity index (χ1n) is 11.8. The van der Waals surface area contributed by atoms with Crippen LogP contribution in [0.2, 0.25) is 0 Å². The third kappa shape index (κ3) is 7.20. The summed E-state index contributed by atoms with van der Waals surface area (Å²) in [5.74, 6) is -0.149. The Hall–Kier alpha value is -3.11. The maximum absolute atomic E-state index is 13.7. The molecule has 10 heteroatoms. The van der Waals surface area contributed by atoms with Gasteiger partial charge in [-0.3, -0.25) is 9.59 Å². The molecule has 9 nitrogen and oxygen atoms in total. The lowest BCUT2D eigenvalue weighted by Crippen LogP contribution is -2.53. The number of anilines is 1. The zero-order valence-corrected chi connectivity index (χ0v) is 23.2. The molecule has 0 aromatic heterocycles. The highest BCUT2D eigenvalue weighted by Gasteiger charge is 2.33. The molecule has 0 spiro atoms. The fraction of sp³-hybridized carbons (Fsp3) is 0.462. The molecule has 0 unspecified atom stereocenters. The van der Waals surface area contributed by atoms with Gasteiger partial charge in [-0.25, -0.2) is 4.31 Å². The minimum absolute atomic E-state index is 0.113. The SMILES string of the molecule is COc1ccc(CN(C(=O)CN(c2cc(C)ccc2C)S(=O)(=O)N(C)C)[C@H](C)C(=O)NC(C)C)cc1. The molecule has 0 heterocycles. The number of amides is 2. The van der Waals surface area contributed by atoms with E-state index in [9.17, 15) is 18.0 Å². The quantitative estimate of drug-likeness (QED) is 0.493. The molecule has 198 valence electrons. The second kappa shape index (κ2) is 12.2. The molecule has 0 radical (unpaired) electrons. The number of nitrogens with one attached hydrogen (secondary N) is 1. The maximum Gasteiger partial charge on any atom is 0.304 e. The standard InChI is InChI=1S/C26H38N4O5S/c1-18(2)27-26(32)21(5)29(16-22-11-13-23(35-8)14-12-22)25(31)17-30(36(33,34)28(6)7)24-15-19(3)9-10-20(24)4/h9-15,18,21H,16-17H2,1-8H3,(H,27,32)/t21-/m1/s1. The summed E-state index contributed by atoms with van der Waals surface area (Å²) >= 11 is 0. The van der Waals surface area contributed by atoms with Crippen LogP contribution in [0.15, 0.2) is 42.5 Å². The van der Waals surface area contributed by atoms with Crippen molar-refractivity contribution in [1.29, 1.82) is 0 Å². The van der Waals surface area contributed by atoms with Gasteiger partial charge in [-0.1, -0.05) is 24.3 Å². The van der Waals surface area contributed by atoms with Crippen LogP contribution < -0.4 is 14.4 Å². The maximum atomic E-state index is 13.7. The Morgan fingerprint density at radius 2 is 1.61 bits per heavy atom. The molecule has 0 bridgehead atoms. The van der Waals surface area contributed by atoms with Gasteiger partial charge in [0.05, 0.1) is 12.8 Å². The van der Waals surface area contributed by atoms with E-state index in [0.717, 1.165) is 19.7 Å². The van der Waals surface area contributed by atoms with E-state index in [-0.39, 0.29) is 18.5 Å². The van der Waals surface area contributed by atoms with E-state index >= 15 is 0 Å². The zero-order chi connectivity index (χ0) is 27.2. The van der Waals surface area contributed by atoms with Gasteiger partial charge in [0.15, 0.2) is 0 Å². The first-order chi connectivity index (χ1) is 16.8. The number of rotatable bonds is 11. The number of nitrogens with zero attached hydrogens (tertiary/aromatic N) is 3. The van der Waals surface area contributed by atoms with Gasteiger partial charge in [-0.2, -0.15) is 12.7 Å². The molecule has 2 amide bonds. The average molecular weight is 519 g/mol. The van der Waals surface area contributed by atoms with Gasteiger partial charge in [0.25, 0.3) is 0 Å². The Bertz CT molecular complexity index is 1160. The summed E-state index contributed by atoms with van der Waals surface area (Å²) in [5.41, 5.74) is 2.77. The van der Waals surface area contributed by atoms with Gasteiger partial charge >= 0.3 is 10.2 Å². The van der Waals surface area contributed by atoms with Crippen molar-refractivity contribution in [3.05, 3.63) is 59.2 Å². The Kier molecular flexibility index (Phi) is 9.89. The normalized spacial score (nSPS) is 12.4. The molecule has 0 aliphatic heterocycles. The minimum Gasteiger partial charge on any atom is -0.497 e. The summed E-state index contributed by atoms with van der Waals surface area (Å²) in [7, 11) is 0.406. The topological polar surface area (TPSA) is 99.3 Å². The summed E-state index contributed by atoms with van der Waals surface area (Å²) in [5, 5.41) is 2.84. The van der Waals surface area contributed by atoms with Crippen molar-refractivity contribution >= 4 is 27.7 Å². The lowest BCUT2D eigenvalue weighted by atomic mass is 10.1. The van der Waals surface area contributed by atoms with Crippen molar-refractivity contribution in [3.63, 3.8) is 0 Å². The van der Waals surface area contributed by atoms with E-state index in [1.54, 1.807) is 39.2 Å². The smallest absolute Gasteiger partial charge is 0.304 e. The van der Waals surface area contributed by atoms with Gasteiger partial charge < -0.3 is 15.0 Å². The summed E-state index contributed by atoms with van der Waals surface area (Å²) in [6, 6.07) is 11.7. The van der Waals surface area contributed by atoms with Crippen LogP contribution in [0.4, 0.5) is 5.69 Å².